The molecule has 2 heteroatoms. The van der Waals surface area contributed by atoms with Crippen LogP contribution in [-0.2, 0) is 6.54 Å². The molecule has 0 aromatic heterocycles. The molecule has 15 heavy (non-hydrogen) atoms. The summed E-state index contributed by atoms with van der Waals surface area (Å²) in [4.78, 5) is 0. The Balaban J connectivity index is 2.50. The van der Waals surface area contributed by atoms with Crippen molar-refractivity contribution < 1.29 is 0 Å². The first kappa shape index (κ1) is 12.6. The Kier molecular flexibility index (Phi) is 5.20. The molecule has 0 saturated carbocycles. The lowest BCUT2D eigenvalue weighted by Crippen LogP contribution is -2.22. The van der Waals surface area contributed by atoms with Crippen molar-refractivity contribution in [2.75, 3.05) is 12.8 Å². The molecule has 1 aromatic rings. The van der Waals surface area contributed by atoms with Gasteiger partial charge in [-0.05, 0) is 36.8 Å². The Morgan fingerprint density at radius 3 is 2.40 bits per heavy atom. The number of rotatable bonds is 5. The molecule has 0 heterocycles. The molecular weight excluding hydrogens is 202 g/mol. The van der Waals surface area contributed by atoms with Gasteiger partial charge in [-0.15, -0.1) is 0 Å². The molecule has 84 valence electrons. The maximum atomic E-state index is 3.51. The van der Waals surface area contributed by atoms with Gasteiger partial charge in [-0.1, -0.05) is 25.1 Å². The second-order valence-electron chi connectivity index (χ2n) is 4.05. The van der Waals surface area contributed by atoms with E-state index >= 15 is 0 Å². The standard InChI is InChI=1S/C13H21NS/c1-10-6-5-7-11(2)13(10)9-14-8-12(3)15-4/h5-7,12,14H,8-9H2,1-4H3. The molecule has 1 rings (SSSR count). The Morgan fingerprint density at radius 1 is 1.27 bits per heavy atom. The van der Waals surface area contributed by atoms with E-state index in [1.54, 1.807) is 0 Å². The van der Waals surface area contributed by atoms with Crippen LogP contribution in [0.1, 0.15) is 23.6 Å². The molecule has 1 atom stereocenters. The van der Waals surface area contributed by atoms with E-state index in [1.165, 1.54) is 16.7 Å². The number of benzene rings is 1. The van der Waals surface area contributed by atoms with Gasteiger partial charge >= 0.3 is 0 Å². The first-order chi connectivity index (χ1) is 7.15. The van der Waals surface area contributed by atoms with Crippen molar-refractivity contribution in [1.29, 1.82) is 0 Å². The van der Waals surface area contributed by atoms with Crippen molar-refractivity contribution in [2.45, 2.75) is 32.6 Å². The van der Waals surface area contributed by atoms with E-state index in [9.17, 15) is 0 Å². The van der Waals surface area contributed by atoms with Crippen molar-refractivity contribution in [3.05, 3.63) is 34.9 Å². The molecule has 0 aliphatic heterocycles. The highest BCUT2D eigenvalue weighted by atomic mass is 32.2. The molecule has 1 aromatic carbocycles. The molecule has 0 saturated heterocycles. The lowest BCUT2D eigenvalue weighted by atomic mass is 10.0. The lowest BCUT2D eigenvalue weighted by molar-refractivity contribution is 0.680. The normalized spacial score (nSPS) is 12.8. The van der Waals surface area contributed by atoms with Crippen LogP contribution in [-0.4, -0.2) is 18.1 Å². The van der Waals surface area contributed by atoms with Crippen LogP contribution in [0.25, 0.3) is 0 Å². The zero-order valence-electron chi connectivity index (χ0n) is 10.1. The number of thioether (sulfide) groups is 1. The van der Waals surface area contributed by atoms with Gasteiger partial charge in [0.15, 0.2) is 0 Å². The van der Waals surface area contributed by atoms with Crippen LogP contribution in [0.5, 0.6) is 0 Å². The Morgan fingerprint density at radius 2 is 1.87 bits per heavy atom. The van der Waals surface area contributed by atoms with E-state index in [-0.39, 0.29) is 0 Å². The highest BCUT2D eigenvalue weighted by Gasteiger charge is 2.02. The molecule has 0 bridgehead atoms. The van der Waals surface area contributed by atoms with Crippen LogP contribution in [0.4, 0.5) is 0 Å². The molecule has 1 unspecified atom stereocenters. The smallest absolute Gasteiger partial charge is 0.0211 e. The van der Waals surface area contributed by atoms with Gasteiger partial charge in [0, 0.05) is 18.3 Å². The predicted molar refractivity (Wildman–Crippen MR) is 70.6 cm³/mol. The van der Waals surface area contributed by atoms with Crippen molar-refractivity contribution in [1.82, 2.24) is 5.32 Å². The highest BCUT2D eigenvalue weighted by Crippen LogP contribution is 2.13. The summed E-state index contributed by atoms with van der Waals surface area (Å²) in [6.07, 6.45) is 2.16. The zero-order valence-corrected chi connectivity index (χ0v) is 10.9. The Hall–Kier alpha value is -0.470. The lowest BCUT2D eigenvalue weighted by Gasteiger charge is -2.13. The molecular formula is C13H21NS. The minimum atomic E-state index is 0.689. The molecule has 0 aliphatic carbocycles. The van der Waals surface area contributed by atoms with Gasteiger partial charge in [-0.25, -0.2) is 0 Å². The fourth-order valence-corrected chi connectivity index (χ4v) is 1.90. The van der Waals surface area contributed by atoms with Gasteiger partial charge in [0.2, 0.25) is 0 Å². The van der Waals surface area contributed by atoms with Crippen LogP contribution < -0.4 is 5.32 Å². The van der Waals surface area contributed by atoms with Crippen molar-refractivity contribution in [2.24, 2.45) is 0 Å². The van der Waals surface area contributed by atoms with E-state index in [0.717, 1.165) is 13.1 Å². The van der Waals surface area contributed by atoms with Crippen LogP contribution in [0.15, 0.2) is 18.2 Å². The summed E-state index contributed by atoms with van der Waals surface area (Å²) in [6.45, 7) is 8.69. The van der Waals surface area contributed by atoms with E-state index in [0.29, 0.717) is 5.25 Å². The molecule has 0 amide bonds. The average Bonchev–Trinajstić information content (AvgIpc) is 2.22. The van der Waals surface area contributed by atoms with Gasteiger partial charge in [0.1, 0.15) is 0 Å². The number of hydrogen-bond acceptors (Lipinski definition) is 2. The van der Waals surface area contributed by atoms with Crippen LogP contribution in [0, 0.1) is 13.8 Å². The third-order valence-electron chi connectivity index (χ3n) is 2.78. The van der Waals surface area contributed by atoms with E-state index in [2.05, 4.69) is 50.5 Å². The summed E-state index contributed by atoms with van der Waals surface area (Å²) in [5.74, 6) is 0. The molecule has 0 radical (unpaired) electrons. The summed E-state index contributed by atoms with van der Waals surface area (Å²) < 4.78 is 0. The summed E-state index contributed by atoms with van der Waals surface area (Å²) in [6, 6.07) is 6.49. The Labute approximate surface area is 97.7 Å². The summed E-state index contributed by atoms with van der Waals surface area (Å²) in [5, 5.41) is 4.20. The molecule has 0 aliphatic rings. The molecule has 1 nitrogen and oxygen atoms in total. The average molecular weight is 223 g/mol. The minimum absolute atomic E-state index is 0.689. The zero-order chi connectivity index (χ0) is 11.3. The van der Waals surface area contributed by atoms with Gasteiger partial charge < -0.3 is 5.32 Å². The van der Waals surface area contributed by atoms with Gasteiger partial charge in [-0.2, -0.15) is 11.8 Å². The topological polar surface area (TPSA) is 12.0 Å². The molecule has 0 fully saturated rings. The van der Waals surface area contributed by atoms with E-state index in [4.69, 9.17) is 0 Å². The number of nitrogens with one attached hydrogen (secondary N) is 1. The Bertz CT molecular complexity index is 289. The van der Waals surface area contributed by atoms with Gasteiger partial charge in [0.25, 0.3) is 0 Å². The van der Waals surface area contributed by atoms with Crippen LogP contribution in [0.2, 0.25) is 0 Å². The van der Waals surface area contributed by atoms with Gasteiger partial charge in [0.05, 0.1) is 0 Å². The molecule has 0 spiro atoms. The van der Waals surface area contributed by atoms with Crippen LogP contribution in [0.3, 0.4) is 0 Å². The third kappa shape index (κ3) is 3.88. The maximum absolute atomic E-state index is 3.51. The first-order valence-electron chi connectivity index (χ1n) is 5.43. The predicted octanol–water partition coefficient (Wildman–Crippen LogP) is 3.14. The highest BCUT2D eigenvalue weighted by molar-refractivity contribution is 7.99. The van der Waals surface area contributed by atoms with E-state index < -0.39 is 0 Å². The summed E-state index contributed by atoms with van der Waals surface area (Å²) in [5.41, 5.74) is 4.23. The minimum Gasteiger partial charge on any atom is -0.312 e. The third-order valence-corrected chi connectivity index (χ3v) is 3.75. The van der Waals surface area contributed by atoms with Crippen molar-refractivity contribution >= 4 is 11.8 Å². The SMILES string of the molecule is CSC(C)CNCc1c(C)cccc1C. The second kappa shape index (κ2) is 6.19. The first-order valence-corrected chi connectivity index (χ1v) is 6.72. The number of hydrogen-bond donors (Lipinski definition) is 1. The summed E-state index contributed by atoms with van der Waals surface area (Å²) in [7, 11) is 0. The van der Waals surface area contributed by atoms with Crippen molar-refractivity contribution in [3.8, 4) is 0 Å². The monoisotopic (exact) mass is 223 g/mol. The molecule has 1 N–H and O–H groups in total. The van der Waals surface area contributed by atoms with Crippen LogP contribution >= 0.6 is 11.8 Å². The number of aryl methyl sites for hydroxylation is 2. The quantitative estimate of drug-likeness (QED) is 0.823. The fraction of sp³-hybridized carbons (Fsp3) is 0.538. The van der Waals surface area contributed by atoms with E-state index in [1.807, 2.05) is 11.8 Å². The van der Waals surface area contributed by atoms with Gasteiger partial charge in [-0.3, -0.25) is 0 Å². The maximum Gasteiger partial charge on any atom is 0.0211 e. The largest absolute Gasteiger partial charge is 0.312 e. The van der Waals surface area contributed by atoms with Crippen molar-refractivity contribution in [3.63, 3.8) is 0 Å². The second-order valence-corrected chi connectivity index (χ2v) is 5.32. The fourth-order valence-electron chi connectivity index (χ4n) is 1.61. The summed E-state index contributed by atoms with van der Waals surface area (Å²) >= 11 is 1.91.